The average Bonchev–Trinajstić information content (AvgIpc) is 2.62. The molecular formula is C20H19NO. The molecular weight excluding hydrogens is 270 g/mol. The molecule has 0 aliphatic carbocycles. The lowest BCUT2D eigenvalue weighted by molar-refractivity contribution is -0.00999. The fraction of sp³-hybridized carbons (Fsp3) is 0.200. The fourth-order valence-electron chi connectivity index (χ4n) is 3.29. The third kappa shape index (κ3) is 2.52. The minimum atomic E-state index is 0.114. The number of rotatable bonds is 2. The summed E-state index contributed by atoms with van der Waals surface area (Å²) in [5.74, 6) is 0.334. The van der Waals surface area contributed by atoms with Crippen LogP contribution in [0.15, 0.2) is 72.8 Å². The number of fused-ring (bicyclic) bond motifs is 1. The Labute approximate surface area is 130 Å². The normalized spacial score (nSPS) is 21.8. The predicted octanol–water partition coefficient (Wildman–Crippen LogP) is 4.24. The van der Waals surface area contributed by atoms with Crippen LogP contribution < -0.4 is 5.32 Å². The van der Waals surface area contributed by atoms with Gasteiger partial charge in [0.05, 0.1) is 12.8 Å². The van der Waals surface area contributed by atoms with Crippen molar-refractivity contribution in [1.29, 1.82) is 0 Å². The number of hydrogen-bond donors (Lipinski definition) is 1. The first-order valence-corrected chi connectivity index (χ1v) is 7.78. The molecule has 1 aliphatic rings. The van der Waals surface area contributed by atoms with Crippen LogP contribution in [0.2, 0.25) is 0 Å². The minimum absolute atomic E-state index is 0.114. The average molecular weight is 289 g/mol. The van der Waals surface area contributed by atoms with E-state index >= 15 is 0 Å². The first kappa shape index (κ1) is 13.5. The molecule has 1 fully saturated rings. The van der Waals surface area contributed by atoms with Gasteiger partial charge in [-0.25, -0.2) is 0 Å². The van der Waals surface area contributed by atoms with E-state index in [9.17, 15) is 0 Å². The van der Waals surface area contributed by atoms with Gasteiger partial charge in [-0.05, 0) is 21.9 Å². The molecule has 0 radical (unpaired) electrons. The predicted molar refractivity (Wildman–Crippen MR) is 89.8 cm³/mol. The van der Waals surface area contributed by atoms with Gasteiger partial charge in [-0.2, -0.15) is 0 Å². The van der Waals surface area contributed by atoms with Gasteiger partial charge in [0.2, 0.25) is 0 Å². The molecule has 1 heterocycles. The maximum Gasteiger partial charge on any atom is 0.0974 e. The molecule has 2 atom stereocenters. The molecule has 0 spiro atoms. The molecule has 0 saturated carbocycles. The molecule has 1 saturated heterocycles. The maximum absolute atomic E-state index is 6.03. The van der Waals surface area contributed by atoms with Crippen molar-refractivity contribution in [1.82, 2.24) is 5.32 Å². The van der Waals surface area contributed by atoms with Crippen LogP contribution in [0.1, 0.15) is 23.1 Å². The molecule has 110 valence electrons. The van der Waals surface area contributed by atoms with Crippen molar-refractivity contribution in [2.24, 2.45) is 0 Å². The monoisotopic (exact) mass is 289 g/mol. The van der Waals surface area contributed by atoms with E-state index in [4.69, 9.17) is 4.74 Å². The molecule has 0 amide bonds. The van der Waals surface area contributed by atoms with E-state index < -0.39 is 0 Å². The molecule has 1 aliphatic heterocycles. The van der Waals surface area contributed by atoms with Gasteiger partial charge in [0.1, 0.15) is 0 Å². The Hall–Kier alpha value is -2.16. The topological polar surface area (TPSA) is 21.3 Å². The van der Waals surface area contributed by atoms with Crippen molar-refractivity contribution in [2.45, 2.75) is 12.0 Å². The Kier molecular flexibility index (Phi) is 3.63. The van der Waals surface area contributed by atoms with Gasteiger partial charge in [0.15, 0.2) is 0 Å². The van der Waals surface area contributed by atoms with Gasteiger partial charge in [0, 0.05) is 12.5 Å². The van der Waals surface area contributed by atoms with Crippen LogP contribution in [0.5, 0.6) is 0 Å². The van der Waals surface area contributed by atoms with Crippen LogP contribution in [0.4, 0.5) is 0 Å². The van der Waals surface area contributed by atoms with E-state index in [-0.39, 0.29) is 6.10 Å². The van der Waals surface area contributed by atoms with E-state index in [1.165, 1.54) is 21.9 Å². The zero-order valence-corrected chi connectivity index (χ0v) is 12.4. The van der Waals surface area contributed by atoms with Gasteiger partial charge in [-0.15, -0.1) is 0 Å². The molecule has 0 unspecified atom stereocenters. The zero-order chi connectivity index (χ0) is 14.8. The highest BCUT2D eigenvalue weighted by atomic mass is 16.5. The number of nitrogens with one attached hydrogen (secondary N) is 1. The number of ether oxygens (including phenoxy) is 1. The van der Waals surface area contributed by atoms with Crippen LogP contribution in [-0.4, -0.2) is 13.3 Å². The van der Waals surface area contributed by atoms with Crippen molar-refractivity contribution in [3.63, 3.8) is 0 Å². The largest absolute Gasteiger partial charge is 0.358 e. The third-order valence-electron chi connectivity index (χ3n) is 4.42. The van der Waals surface area contributed by atoms with Gasteiger partial charge in [-0.1, -0.05) is 72.8 Å². The molecule has 2 heteroatoms. The standard InChI is InChI=1S/C20H19NO/c1-2-7-16(8-3-1)20-19(13-21-14-22-20)18-11-10-15-6-4-5-9-17(15)12-18/h1-12,19-21H,13-14H2/t19-,20-/m0/s1. The SMILES string of the molecule is c1ccc([C@@H]2OCNC[C@H]2c2ccc3ccccc3c2)cc1. The molecule has 1 N–H and O–H groups in total. The van der Waals surface area contributed by atoms with Crippen molar-refractivity contribution in [3.05, 3.63) is 83.9 Å². The lowest BCUT2D eigenvalue weighted by Gasteiger charge is -2.33. The van der Waals surface area contributed by atoms with Crippen LogP contribution in [0, 0.1) is 0 Å². The van der Waals surface area contributed by atoms with Gasteiger partial charge >= 0.3 is 0 Å². The molecule has 2 nitrogen and oxygen atoms in total. The molecule has 4 rings (SSSR count). The molecule has 3 aromatic carbocycles. The third-order valence-corrected chi connectivity index (χ3v) is 4.42. The van der Waals surface area contributed by atoms with E-state index in [1.54, 1.807) is 0 Å². The van der Waals surface area contributed by atoms with Gasteiger partial charge in [0.25, 0.3) is 0 Å². The van der Waals surface area contributed by atoms with E-state index in [0.29, 0.717) is 12.6 Å². The van der Waals surface area contributed by atoms with E-state index in [1.807, 2.05) is 0 Å². The molecule has 0 aromatic heterocycles. The fourth-order valence-corrected chi connectivity index (χ4v) is 3.29. The van der Waals surface area contributed by atoms with Crippen molar-refractivity contribution in [3.8, 4) is 0 Å². The lowest BCUT2D eigenvalue weighted by atomic mass is 9.87. The van der Waals surface area contributed by atoms with E-state index in [0.717, 1.165) is 6.54 Å². The second-order valence-corrected chi connectivity index (χ2v) is 5.81. The smallest absolute Gasteiger partial charge is 0.0974 e. The number of hydrogen-bond acceptors (Lipinski definition) is 2. The van der Waals surface area contributed by atoms with Gasteiger partial charge < -0.3 is 4.74 Å². The van der Waals surface area contributed by atoms with Crippen LogP contribution in [-0.2, 0) is 4.74 Å². The summed E-state index contributed by atoms with van der Waals surface area (Å²) >= 11 is 0. The maximum atomic E-state index is 6.03. The van der Waals surface area contributed by atoms with Crippen LogP contribution in [0.25, 0.3) is 10.8 Å². The summed E-state index contributed by atoms with van der Waals surface area (Å²) < 4.78 is 6.03. The quantitative estimate of drug-likeness (QED) is 0.762. The summed E-state index contributed by atoms with van der Waals surface area (Å²) in [4.78, 5) is 0. The first-order valence-electron chi connectivity index (χ1n) is 7.78. The summed E-state index contributed by atoms with van der Waals surface area (Å²) in [5.41, 5.74) is 2.59. The zero-order valence-electron chi connectivity index (χ0n) is 12.4. The second kappa shape index (κ2) is 5.91. The van der Waals surface area contributed by atoms with Crippen LogP contribution >= 0.6 is 0 Å². The highest BCUT2D eigenvalue weighted by molar-refractivity contribution is 5.83. The first-order chi connectivity index (χ1) is 10.9. The summed E-state index contributed by atoms with van der Waals surface area (Å²) in [6, 6.07) is 25.8. The second-order valence-electron chi connectivity index (χ2n) is 5.81. The Bertz CT molecular complexity index is 769. The Balaban J connectivity index is 1.74. The van der Waals surface area contributed by atoms with Crippen molar-refractivity contribution >= 4 is 10.8 Å². The number of benzene rings is 3. The molecule has 22 heavy (non-hydrogen) atoms. The summed E-state index contributed by atoms with van der Waals surface area (Å²) in [5, 5.41) is 5.93. The summed E-state index contributed by atoms with van der Waals surface area (Å²) in [6.45, 7) is 1.56. The van der Waals surface area contributed by atoms with Crippen molar-refractivity contribution in [2.75, 3.05) is 13.3 Å². The lowest BCUT2D eigenvalue weighted by Crippen LogP contribution is -2.35. The highest BCUT2D eigenvalue weighted by Gasteiger charge is 2.28. The van der Waals surface area contributed by atoms with Crippen LogP contribution in [0.3, 0.4) is 0 Å². The minimum Gasteiger partial charge on any atom is -0.358 e. The van der Waals surface area contributed by atoms with Crippen molar-refractivity contribution < 1.29 is 4.74 Å². The Morgan fingerprint density at radius 3 is 2.41 bits per heavy atom. The Morgan fingerprint density at radius 1 is 0.773 bits per heavy atom. The summed E-state index contributed by atoms with van der Waals surface area (Å²) in [7, 11) is 0. The summed E-state index contributed by atoms with van der Waals surface area (Å²) in [6.07, 6.45) is 0.114. The molecule has 0 bridgehead atoms. The Morgan fingerprint density at radius 2 is 1.55 bits per heavy atom. The van der Waals surface area contributed by atoms with E-state index in [2.05, 4.69) is 78.1 Å². The molecule has 3 aromatic rings. The van der Waals surface area contributed by atoms with Gasteiger partial charge in [-0.3, -0.25) is 5.32 Å². The highest BCUT2D eigenvalue weighted by Crippen LogP contribution is 2.36.